The van der Waals surface area contributed by atoms with E-state index in [1.807, 2.05) is 89.8 Å². The van der Waals surface area contributed by atoms with Crippen molar-refractivity contribution >= 4 is 23.2 Å². The Balaban J connectivity index is 1.34. The number of rotatable bonds is 6. The van der Waals surface area contributed by atoms with Crippen molar-refractivity contribution in [1.29, 1.82) is 0 Å². The van der Waals surface area contributed by atoms with Gasteiger partial charge >= 0.3 is 0 Å². The first-order valence-electron chi connectivity index (χ1n) is 10.7. The van der Waals surface area contributed by atoms with Crippen LogP contribution in [-0.2, 0) is 11.3 Å². The molecule has 0 unspecified atom stereocenters. The number of likely N-dealkylation sites (tertiary alicyclic amines) is 1. The monoisotopic (exact) mass is 413 g/mol. The zero-order valence-electron chi connectivity index (χ0n) is 17.5. The zero-order valence-corrected chi connectivity index (χ0v) is 17.5. The summed E-state index contributed by atoms with van der Waals surface area (Å²) in [6, 6.07) is 27.3. The lowest BCUT2D eigenvalue weighted by atomic mass is 9.95. The number of para-hydroxylation sites is 2. The van der Waals surface area contributed by atoms with Crippen LogP contribution in [-0.4, -0.2) is 29.8 Å². The summed E-state index contributed by atoms with van der Waals surface area (Å²) in [5.74, 6) is 0.0229. The summed E-state index contributed by atoms with van der Waals surface area (Å²) >= 11 is 0. The van der Waals surface area contributed by atoms with Gasteiger partial charge in [0.05, 0.1) is 11.3 Å². The average Bonchev–Trinajstić information content (AvgIpc) is 2.84. The van der Waals surface area contributed by atoms with E-state index in [0.717, 1.165) is 16.9 Å². The van der Waals surface area contributed by atoms with Crippen molar-refractivity contribution in [2.75, 3.05) is 18.4 Å². The maximum absolute atomic E-state index is 13.2. The van der Waals surface area contributed by atoms with Crippen LogP contribution in [0.4, 0.5) is 11.4 Å². The first-order chi connectivity index (χ1) is 15.2. The third kappa shape index (κ3) is 5.31. The van der Waals surface area contributed by atoms with Gasteiger partial charge in [0.2, 0.25) is 5.91 Å². The number of piperidine rings is 1. The molecule has 5 heteroatoms. The molecule has 1 aliphatic rings. The van der Waals surface area contributed by atoms with Crippen molar-refractivity contribution in [3.05, 3.63) is 96.1 Å². The minimum atomic E-state index is -0.0505. The highest BCUT2D eigenvalue weighted by atomic mass is 16.2. The minimum Gasteiger partial charge on any atom is -0.355 e. The highest BCUT2D eigenvalue weighted by molar-refractivity contribution is 6.00. The second-order valence-electron chi connectivity index (χ2n) is 7.81. The maximum Gasteiger partial charge on any atom is 0.255 e. The molecule has 0 atom stereocenters. The number of benzene rings is 3. The van der Waals surface area contributed by atoms with Gasteiger partial charge in [-0.2, -0.15) is 0 Å². The fraction of sp³-hybridized carbons (Fsp3) is 0.231. The predicted octanol–water partition coefficient (Wildman–Crippen LogP) is 4.60. The van der Waals surface area contributed by atoms with Gasteiger partial charge in [-0.15, -0.1) is 0 Å². The third-order valence-corrected chi connectivity index (χ3v) is 5.67. The van der Waals surface area contributed by atoms with Crippen LogP contribution in [0.3, 0.4) is 0 Å². The van der Waals surface area contributed by atoms with Crippen LogP contribution in [0.1, 0.15) is 28.8 Å². The number of hydrogen-bond donors (Lipinski definition) is 2. The Morgan fingerprint density at radius 2 is 1.42 bits per heavy atom. The van der Waals surface area contributed by atoms with Crippen molar-refractivity contribution in [1.82, 2.24) is 10.2 Å². The molecule has 0 spiro atoms. The Hall–Kier alpha value is -3.60. The summed E-state index contributed by atoms with van der Waals surface area (Å²) in [5.41, 5.74) is 3.47. The van der Waals surface area contributed by atoms with E-state index in [1.165, 1.54) is 0 Å². The molecule has 3 aromatic carbocycles. The summed E-state index contributed by atoms with van der Waals surface area (Å²) in [6.45, 7) is 1.71. The second-order valence-corrected chi connectivity index (χ2v) is 7.81. The highest BCUT2D eigenvalue weighted by Gasteiger charge is 2.28. The SMILES string of the molecule is O=C(NCc1ccccc1)C1CCN(C(=O)c2ccccc2Nc2ccccc2)CC1. The normalized spacial score (nSPS) is 14.1. The van der Waals surface area contributed by atoms with Gasteiger partial charge in [0.1, 0.15) is 0 Å². The first-order valence-corrected chi connectivity index (χ1v) is 10.7. The van der Waals surface area contributed by atoms with Gasteiger partial charge in [0.25, 0.3) is 5.91 Å². The fourth-order valence-corrected chi connectivity index (χ4v) is 3.90. The van der Waals surface area contributed by atoms with Crippen LogP contribution in [0.5, 0.6) is 0 Å². The Labute approximate surface area is 183 Å². The highest BCUT2D eigenvalue weighted by Crippen LogP contribution is 2.25. The third-order valence-electron chi connectivity index (χ3n) is 5.67. The molecule has 0 radical (unpaired) electrons. The number of carbonyl (C=O) groups excluding carboxylic acids is 2. The molecule has 1 aliphatic heterocycles. The molecule has 2 N–H and O–H groups in total. The van der Waals surface area contributed by atoms with E-state index in [-0.39, 0.29) is 17.7 Å². The molecule has 3 aromatic rings. The standard InChI is InChI=1S/C26H27N3O2/c30-25(27-19-20-9-3-1-4-10-20)21-15-17-29(18-16-21)26(31)23-13-7-8-14-24(23)28-22-11-5-2-6-12-22/h1-14,21,28H,15-19H2,(H,27,30). The van der Waals surface area contributed by atoms with E-state index in [2.05, 4.69) is 10.6 Å². The lowest BCUT2D eigenvalue weighted by Gasteiger charge is -2.32. The molecule has 4 rings (SSSR count). The predicted molar refractivity (Wildman–Crippen MR) is 123 cm³/mol. The fourth-order valence-electron chi connectivity index (χ4n) is 3.90. The summed E-state index contributed by atoms with van der Waals surface area (Å²) in [4.78, 5) is 27.6. The lowest BCUT2D eigenvalue weighted by Crippen LogP contribution is -2.43. The largest absolute Gasteiger partial charge is 0.355 e. The van der Waals surface area contributed by atoms with Gasteiger partial charge in [0, 0.05) is 31.2 Å². The molecule has 1 heterocycles. The van der Waals surface area contributed by atoms with Gasteiger partial charge < -0.3 is 15.5 Å². The molecule has 31 heavy (non-hydrogen) atoms. The Kier molecular flexibility index (Phi) is 6.62. The van der Waals surface area contributed by atoms with Gasteiger partial charge in [-0.25, -0.2) is 0 Å². The molecule has 5 nitrogen and oxygen atoms in total. The van der Waals surface area contributed by atoms with Crippen molar-refractivity contribution in [3.63, 3.8) is 0 Å². The molecule has 158 valence electrons. The van der Waals surface area contributed by atoms with Crippen LogP contribution in [0.25, 0.3) is 0 Å². The van der Waals surface area contributed by atoms with Gasteiger partial charge in [-0.3, -0.25) is 9.59 Å². The van der Waals surface area contributed by atoms with Crippen molar-refractivity contribution in [2.24, 2.45) is 5.92 Å². The molecule has 2 amide bonds. The lowest BCUT2D eigenvalue weighted by molar-refractivity contribution is -0.126. The Bertz CT molecular complexity index is 1010. The Morgan fingerprint density at radius 3 is 2.13 bits per heavy atom. The quantitative estimate of drug-likeness (QED) is 0.621. The number of hydrogen-bond acceptors (Lipinski definition) is 3. The van der Waals surface area contributed by atoms with Crippen molar-refractivity contribution < 1.29 is 9.59 Å². The number of nitrogens with zero attached hydrogens (tertiary/aromatic N) is 1. The van der Waals surface area contributed by atoms with Crippen LogP contribution < -0.4 is 10.6 Å². The van der Waals surface area contributed by atoms with Crippen molar-refractivity contribution in [3.8, 4) is 0 Å². The zero-order chi connectivity index (χ0) is 21.5. The molecule has 0 aliphatic carbocycles. The van der Waals surface area contributed by atoms with Crippen LogP contribution in [0, 0.1) is 5.92 Å². The molecule has 0 bridgehead atoms. The summed E-state index contributed by atoms with van der Waals surface area (Å²) in [6.07, 6.45) is 1.36. The molecule has 0 aromatic heterocycles. The maximum atomic E-state index is 13.2. The van der Waals surface area contributed by atoms with E-state index in [9.17, 15) is 9.59 Å². The molecular weight excluding hydrogens is 386 g/mol. The molecule has 1 fully saturated rings. The average molecular weight is 414 g/mol. The number of carbonyl (C=O) groups is 2. The van der Waals surface area contributed by atoms with Gasteiger partial charge in [0.15, 0.2) is 0 Å². The van der Waals surface area contributed by atoms with Gasteiger partial charge in [-0.1, -0.05) is 60.7 Å². The van der Waals surface area contributed by atoms with E-state index < -0.39 is 0 Å². The summed E-state index contributed by atoms with van der Waals surface area (Å²) < 4.78 is 0. The van der Waals surface area contributed by atoms with E-state index in [1.54, 1.807) is 0 Å². The number of anilines is 2. The van der Waals surface area contributed by atoms with Crippen LogP contribution in [0.2, 0.25) is 0 Å². The molecule has 0 saturated carbocycles. The topological polar surface area (TPSA) is 61.4 Å². The summed E-state index contributed by atoms with van der Waals surface area (Å²) in [5, 5.41) is 6.37. The van der Waals surface area contributed by atoms with Crippen molar-refractivity contribution in [2.45, 2.75) is 19.4 Å². The van der Waals surface area contributed by atoms with E-state index in [0.29, 0.717) is 38.0 Å². The van der Waals surface area contributed by atoms with E-state index >= 15 is 0 Å². The van der Waals surface area contributed by atoms with Crippen LogP contribution in [0.15, 0.2) is 84.9 Å². The minimum absolute atomic E-state index is 0.00201. The number of nitrogens with one attached hydrogen (secondary N) is 2. The second kappa shape index (κ2) is 9.94. The summed E-state index contributed by atoms with van der Waals surface area (Å²) in [7, 11) is 0. The molecule has 1 saturated heterocycles. The van der Waals surface area contributed by atoms with E-state index in [4.69, 9.17) is 0 Å². The van der Waals surface area contributed by atoms with Gasteiger partial charge in [-0.05, 0) is 42.7 Å². The van der Waals surface area contributed by atoms with Crippen LogP contribution >= 0.6 is 0 Å². The first kappa shape index (κ1) is 20.7. The Morgan fingerprint density at radius 1 is 0.806 bits per heavy atom. The number of amides is 2. The smallest absolute Gasteiger partial charge is 0.255 e. The molecular formula is C26H27N3O2.